The van der Waals surface area contributed by atoms with Gasteiger partial charge >= 0.3 is 5.97 Å². The van der Waals surface area contributed by atoms with Gasteiger partial charge in [0.25, 0.3) is 0 Å². The molecule has 0 bridgehead atoms. The Balaban J connectivity index is 2.19. The molecule has 0 aromatic heterocycles. The first-order valence-corrected chi connectivity index (χ1v) is 7.69. The van der Waals surface area contributed by atoms with E-state index in [0.717, 1.165) is 11.1 Å². The molecule has 0 aliphatic carbocycles. The molecule has 0 radical (unpaired) electrons. The third kappa shape index (κ3) is 3.81. The summed E-state index contributed by atoms with van der Waals surface area (Å²) in [6.45, 7) is 0. The Labute approximate surface area is 129 Å². The highest BCUT2D eigenvalue weighted by atomic mass is 32.2. The molecule has 2 rings (SSSR count). The highest BCUT2D eigenvalue weighted by Crippen LogP contribution is 2.43. The molecule has 2 aromatic rings. The van der Waals surface area contributed by atoms with E-state index < -0.39 is 0 Å². The molecule has 4 heteroatoms. The van der Waals surface area contributed by atoms with Gasteiger partial charge in [0.15, 0.2) is 0 Å². The van der Waals surface area contributed by atoms with Crippen molar-refractivity contribution < 1.29 is 9.53 Å². The maximum Gasteiger partial charge on any atom is 0.323 e. The van der Waals surface area contributed by atoms with E-state index >= 15 is 0 Å². The van der Waals surface area contributed by atoms with Crippen LogP contribution in [0.15, 0.2) is 60.7 Å². The predicted octanol–water partition coefficient (Wildman–Crippen LogP) is 4.26. The minimum Gasteiger partial charge on any atom is -0.468 e. The predicted molar refractivity (Wildman–Crippen MR) is 87.0 cm³/mol. The van der Waals surface area contributed by atoms with Gasteiger partial charge in [0.2, 0.25) is 0 Å². The molecule has 0 saturated heterocycles. The first kappa shape index (κ1) is 15.0. The van der Waals surface area contributed by atoms with Crippen molar-refractivity contribution in [3.05, 3.63) is 71.8 Å². The number of hydrogen-bond donors (Lipinski definition) is 1. The first-order valence-electron chi connectivity index (χ1n) is 6.23. The zero-order valence-electron chi connectivity index (χ0n) is 11.1. The molecule has 0 fully saturated rings. The van der Waals surface area contributed by atoms with Crippen molar-refractivity contribution in [2.45, 2.75) is 9.83 Å². The second-order valence-electron chi connectivity index (χ2n) is 4.21. The van der Waals surface area contributed by atoms with Crippen molar-refractivity contribution in [3.63, 3.8) is 0 Å². The van der Waals surface area contributed by atoms with Gasteiger partial charge in [0.05, 0.1) is 11.7 Å². The summed E-state index contributed by atoms with van der Waals surface area (Å²) >= 11 is 6.07. The van der Waals surface area contributed by atoms with Gasteiger partial charge in [-0.2, -0.15) is 12.6 Å². The number of benzene rings is 2. The van der Waals surface area contributed by atoms with Gasteiger partial charge < -0.3 is 4.74 Å². The van der Waals surface area contributed by atoms with E-state index in [-0.39, 0.29) is 15.8 Å². The summed E-state index contributed by atoms with van der Waals surface area (Å²) in [5, 5.41) is -0.371. The molecular formula is C16H16O2S2. The summed E-state index contributed by atoms with van der Waals surface area (Å²) in [5.41, 5.74) is 2.00. The molecule has 0 heterocycles. The summed E-state index contributed by atoms with van der Waals surface area (Å²) < 4.78 is 4.83. The maximum atomic E-state index is 12.0. The van der Waals surface area contributed by atoms with Crippen LogP contribution >= 0.6 is 24.4 Å². The fraction of sp³-hybridized carbons (Fsp3) is 0.188. The van der Waals surface area contributed by atoms with E-state index in [1.54, 1.807) is 0 Å². The molecule has 0 saturated carbocycles. The zero-order valence-corrected chi connectivity index (χ0v) is 12.8. The Bertz CT molecular complexity index is 543. The van der Waals surface area contributed by atoms with E-state index in [0.29, 0.717) is 0 Å². The van der Waals surface area contributed by atoms with E-state index in [2.05, 4.69) is 12.6 Å². The molecule has 2 atom stereocenters. The SMILES string of the molecule is COC(=O)C(SC(S)c1ccccc1)c1ccccc1. The highest BCUT2D eigenvalue weighted by Gasteiger charge is 2.25. The summed E-state index contributed by atoms with van der Waals surface area (Å²) in [6.07, 6.45) is 0. The number of rotatable bonds is 5. The zero-order chi connectivity index (χ0) is 14.4. The van der Waals surface area contributed by atoms with E-state index in [9.17, 15) is 4.79 Å². The molecular weight excluding hydrogens is 288 g/mol. The number of ether oxygens (including phenoxy) is 1. The lowest BCUT2D eigenvalue weighted by atomic mass is 10.1. The average Bonchev–Trinajstić information content (AvgIpc) is 2.53. The molecule has 20 heavy (non-hydrogen) atoms. The largest absolute Gasteiger partial charge is 0.468 e. The third-order valence-electron chi connectivity index (χ3n) is 2.87. The summed E-state index contributed by atoms with van der Waals surface area (Å²) in [7, 11) is 1.41. The van der Waals surface area contributed by atoms with Gasteiger partial charge in [-0.25, -0.2) is 0 Å². The number of methoxy groups -OCH3 is 1. The van der Waals surface area contributed by atoms with Crippen molar-refractivity contribution in [3.8, 4) is 0 Å². The smallest absolute Gasteiger partial charge is 0.323 e. The van der Waals surface area contributed by atoms with Gasteiger partial charge in [0, 0.05) is 0 Å². The topological polar surface area (TPSA) is 26.3 Å². The minimum atomic E-state index is -0.371. The lowest BCUT2D eigenvalue weighted by Gasteiger charge is -2.19. The van der Waals surface area contributed by atoms with Crippen LogP contribution < -0.4 is 0 Å². The third-order valence-corrected chi connectivity index (χ3v) is 4.80. The molecule has 104 valence electrons. The number of thiol groups is 1. The Morgan fingerprint density at radius 3 is 2.00 bits per heavy atom. The summed E-state index contributed by atoms with van der Waals surface area (Å²) in [4.78, 5) is 12.0. The number of esters is 1. The lowest BCUT2D eigenvalue weighted by Crippen LogP contribution is -2.12. The van der Waals surface area contributed by atoms with Crippen LogP contribution in [0.25, 0.3) is 0 Å². The van der Waals surface area contributed by atoms with E-state index in [1.807, 2.05) is 60.7 Å². The maximum absolute atomic E-state index is 12.0. The highest BCUT2D eigenvalue weighted by molar-refractivity contribution is 8.10. The second-order valence-corrected chi connectivity index (χ2v) is 6.29. The van der Waals surface area contributed by atoms with Gasteiger partial charge in [0.1, 0.15) is 5.25 Å². The van der Waals surface area contributed by atoms with E-state index in [4.69, 9.17) is 4.74 Å². The minimum absolute atomic E-state index is 0.0829. The molecule has 0 N–H and O–H groups in total. The number of carbonyl (C=O) groups is 1. The quantitative estimate of drug-likeness (QED) is 0.508. The lowest BCUT2D eigenvalue weighted by molar-refractivity contribution is -0.140. The van der Waals surface area contributed by atoms with Crippen molar-refractivity contribution in [2.24, 2.45) is 0 Å². The Morgan fingerprint density at radius 1 is 1.00 bits per heavy atom. The fourth-order valence-electron chi connectivity index (χ4n) is 1.83. The van der Waals surface area contributed by atoms with Crippen molar-refractivity contribution in [2.75, 3.05) is 7.11 Å². The van der Waals surface area contributed by atoms with Crippen molar-refractivity contribution in [1.82, 2.24) is 0 Å². The molecule has 0 aliphatic heterocycles. The standard InChI is InChI=1S/C16H16O2S2/c1-18-15(17)14(12-8-4-2-5-9-12)20-16(19)13-10-6-3-7-11-13/h2-11,14,16,19H,1H3. The van der Waals surface area contributed by atoms with Gasteiger partial charge in [-0.3, -0.25) is 4.79 Å². The normalized spacial score (nSPS) is 13.5. The van der Waals surface area contributed by atoms with Crippen LogP contribution in [0, 0.1) is 0 Å². The fourth-order valence-corrected chi connectivity index (χ4v) is 3.46. The molecule has 2 nitrogen and oxygen atoms in total. The molecule has 0 aliphatic rings. The van der Waals surface area contributed by atoms with E-state index in [1.165, 1.54) is 18.9 Å². The van der Waals surface area contributed by atoms with Crippen molar-refractivity contribution in [1.29, 1.82) is 0 Å². The van der Waals surface area contributed by atoms with Crippen LogP contribution in [-0.4, -0.2) is 13.1 Å². The molecule has 2 aromatic carbocycles. The van der Waals surface area contributed by atoms with Crippen LogP contribution in [0.3, 0.4) is 0 Å². The van der Waals surface area contributed by atoms with Crippen molar-refractivity contribution >= 4 is 30.4 Å². The van der Waals surface area contributed by atoms with Crippen LogP contribution in [-0.2, 0) is 9.53 Å². The van der Waals surface area contributed by atoms with Gasteiger partial charge in [-0.1, -0.05) is 60.7 Å². The summed E-state index contributed by atoms with van der Waals surface area (Å²) in [6, 6.07) is 19.5. The van der Waals surface area contributed by atoms with Crippen LogP contribution in [0.1, 0.15) is 21.0 Å². The summed E-state index contributed by atoms with van der Waals surface area (Å²) in [5.74, 6) is -0.254. The number of hydrogen-bond acceptors (Lipinski definition) is 4. The van der Waals surface area contributed by atoms with Crippen LogP contribution in [0.2, 0.25) is 0 Å². The Morgan fingerprint density at radius 2 is 1.50 bits per heavy atom. The average molecular weight is 304 g/mol. The van der Waals surface area contributed by atoms with Crippen LogP contribution in [0.4, 0.5) is 0 Å². The Hall–Kier alpha value is -1.39. The molecule has 0 amide bonds. The van der Waals surface area contributed by atoms with Gasteiger partial charge in [-0.15, -0.1) is 11.8 Å². The first-order chi connectivity index (χ1) is 9.72. The monoisotopic (exact) mass is 304 g/mol. The number of thioether (sulfide) groups is 1. The molecule has 0 spiro atoms. The van der Waals surface area contributed by atoms with Crippen LogP contribution in [0.5, 0.6) is 0 Å². The van der Waals surface area contributed by atoms with Gasteiger partial charge in [-0.05, 0) is 11.1 Å². The Kier molecular flexibility index (Phi) is 5.56. The number of carbonyl (C=O) groups excluding carboxylic acids is 1. The molecule has 2 unspecified atom stereocenters. The second kappa shape index (κ2) is 7.41.